The van der Waals surface area contributed by atoms with Crippen LogP contribution in [-0.2, 0) is 0 Å². The first-order chi connectivity index (χ1) is 10.6. The zero-order valence-corrected chi connectivity index (χ0v) is 14.3. The lowest BCUT2D eigenvalue weighted by Crippen LogP contribution is -2.51. The summed E-state index contributed by atoms with van der Waals surface area (Å²) in [6.07, 6.45) is 6.69. The molecular formula is C18H26N2OS. The summed E-state index contributed by atoms with van der Waals surface area (Å²) in [5.74, 6) is 1.41. The van der Waals surface area contributed by atoms with E-state index in [1.54, 1.807) is 6.08 Å². The van der Waals surface area contributed by atoms with E-state index in [-0.39, 0.29) is 5.54 Å². The molecule has 0 saturated heterocycles. The summed E-state index contributed by atoms with van der Waals surface area (Å²) < 4.78 is 5.48. The van der Waals surface area contributed by atoms with E-state index in [0.29, 0.717) is 17.6 Å². The van der Waals surface area contributed by atoms with Gasteiger partial charge >= 0.3 is 0 Å². The van der Waals surface area contributed by atoms with Crippen LogP contribution in [0.1, 0.15) is 39.5 Å². The second kappa shape index (κ2) is 7.63. The van der Waals surface area contributed by atoms with Crippen LogP contribution in [0.25, 0.3) is 0 Å². The second-order valence-electron chi connectivity index (χ2n) is 6.22. The second-order valence-corrected chi connectivity index (χ2v) is 6.63. The number of thiocarbonyl (C=S) groups is 1. The minimum absolute atomic E-state index is 0.150. The Morgan fingerprint density at radius 2 is 1.95 bits per heavy atom. The number of hydrogen-bond donors (Lipinski definition) is 2. The van der Waals surface area contributed by atoms with Gasteiger partial charge in [0, 0.05) is 11.2 Å². The van der Waals surface area contributed by atoms with Crippen LogP contribution < -0.4 is 15.4 Å². The fourth-order valence-electron chi connectivity index (χ4n) is 3.03. The maximum absolute atomic E-state index is 5.50. The first-order valence-corrected chi connectivity index (χ1v) is 8.39. The highest BCUT2D eigenvalue weighted by atomic mass is 32.1. The normalized spacial score (nSPS) is 16.3. The van der Waals surface area contributed by atoms with Gasteiger partial charge in [0.1, 0.15) is 12.4 Å². The van der Waals surface area contributed by atoms with Crippen LogP contribution >= 0.6 is 12.2 Å². The van der Waals surface area contributed by atoms with Gasteiger partial charge in [0.15, 0.2) is 5.11 Å². The fraction of sp³-hybridized carbons (Fsp3) is 0.500. The van der Waals surface area contributed by atoms with E-state index in [4.69, 9.17) is 17.0 Å². The van der Waals surface area contributed by atoms with Crippen molar-refractivity contribution in [3.05, 3.63) is 36.9 Å². The number of ether oxygens (including phenoxy) is 1. The molecule has 1 aliphatic rings. The van der Waals surface area contributed by atoms with Crippen LogP contribution in [0.5, 0.6) is 5.75 Å². The fourth-order valence-corrected chi connectivity index (χ4v) is 3.35. The van der Waals surface area contributed by atoms with Gasteiger partial charge in [-0.1, -0.05) is 39.3 Å². The van der Waals surface area contributed by atoms with Crippen molar-refractivity contribution in [2.45, 2.75) is 45.1 Å². The van der Waals surface area contributed by atoms with Crippen molar-refractivity contribution in [3.8, 4) is 5.75 Å². The van der Waals surface area contributed by atoms with Crippen molar-refractivity contribution in [2.24, 2.45) is 5.92 Å². The topological polar surface area (TPSA) is 33.3 Å². The molecule has 0 bridgehead atoms. The summed E-state index contributed by atoms with van der Waals surface area (Å²) in [7, 11) is 0. The average molecular weight is 318 g/mol. The first-order valence-electron chi connectivity index (χ1n) is 7.99. The Morgan fingerprint density at radius 3 is 2.50 bits per heavy atom. The van der Waals surface area contributed by atoms with Gasteiger partial charge in [0.05, 0.1) is 0 Å². The highest BCUT2D eigenvalue weighted by Crippen LogP contribution is 2.35. The van der Waals surface area contributed by atoms with Crippen molar-refractivity contribution < 1.29 is 4.74 Å². The Bertz CT molecular complexity index is 504. The van der Waals surface area contributed by atoms with Gasteiger partial charge in [0.2, 0.25) is 0 Å². The quantitative estimate of drug-likeness (QED) is 0.597. The van der Waals surface area contributed by atoms with E-state index < -0.39 is 0 Å². The van der Waals surface area contributed by atoms with Crippen molar-refractivity contribution in [3.63, 3.8) is 0 Å². The third-order valence-electron chi connectivity index (χ3n) is 4.44. The molecule has 3 nitrogen and oxygen atoms in total. The van der Waals surface area contributed by atoms with Crippen LogP contribution in [0, 0.1) is 5.92 Å². The third-order valence-corrected chi connectivity index (χ3v) is 4.65. The molecule has 22 heavy (non-hydrogen) atoms. The predicted molar refractivity (Wildman–Crippen MR) is 97.5 cm³/mol. The summed E-state index contributed by atoms with van der Waals surface area (Å²) >= 11 is 5.50. The lowest BCUT2D eigenvalue weighted by molar-refractivity contribution is 0.283. The smallest absolute Gasteiger partial charge is 0.171 e. The van der Waals surface area contributed by atoms with Gasteiger partial charge in [-0.3, -0.25) is 0 Å². The van der Waals surface area contributed by atoms with E-state index in [9.17, 15) is 0 Å². The van der Waals surface area contributed by atoms with Crippen molar-refractivity contribution in [1.29, 1.82) is 0 Å². The molecule has 0 aliphatic heterocycles. The Labute approximate surface area is 139 Å². The number of anilines is 1. The molecule has 0 amide bonds. The van der Waals surface area contributed by atoms with Gasteiger partial charge in [-0.15, -0.1) is 0 Å². The number of nitrogens with one attached hydrogen (secondary N) is 2. The van der Waals surface area contributed by atoms with E-state index in [1.807, 2.05) is 24.3 Å². The van der Waals surface area contributed by atoms with Crippen molar-refractivity contribution in [1.82, 2.24) is 5.32 Å². The summed E-state index contributed by atoms with van der Waals surface area (Å²) in [5, 5.41) is 7.55. The molecule has 1 saturated carbocycles. The number of benzene rings is 1. The Kier molecular flexibility index (Phi) is 5.83. The summed E-state index contributed by atoms with van der Waals surface area (Å²) in [6, 6.07) is 7.82. The lowest BCUT2D eigenvalue weighted by Gasteiger charge is -2.35. The summed E-state index contributed by atoms with van der Waals surface area (Å²) in [4.78, 5) is 0. The molecule has 2 rings (SSSR count). The number of hydrogen-bond acceptors (Lipinski definition) is 2. The highest BCUT2D eigenvalue weighted by molar-refractivity contribution is 7.80. The van der Waals surface area contributed by atoms with Crippen molar-refractivity contribution in [2.75, 3.05) is 11.9 Å². The molecule has 4 heteroatoms. The van der Waals surface area contributed by atoms with Crippen molar-refractivity contribution >= 4 is 23.0 Å². The van der Waals surface area contributed by atoms with Crippen LogP contribution in [0.4, 0.5) is 5.69 Å². The van der Waals surface area contributed by atoms with Gasteiger partial charge in [-0.2, -0.15) is 0 Å². The van der Waals surface area contributed by atoms with Gasteiger partial charge < -0.3 is 15.4 Å². The number of rotatable bonds is 6. The predicted octanol–water partition coefficient (Wildman–Crippen LogP) is 4.51. The maximum atomic E-state index is 5.50. The van der Waals surface area contributed by atoms with Gasteiger partial charge in [0.25, 0.3) is 0 Å². The molecule has 1 aromatic rings. The Morgan fingerprint density at radius 1 is 1.32 bits per heavy atom. The zero-order chi connectivity index (χ0) is 16.0. The van der Waals surface area contributed by atoms with Crippen LogP contribution in [-0.4, -0.2) is 17.3 Å². The summed E-state index contributed by atoms with van der Waals surface area (Å²) in [6.45, 7) is 8.70. The molecular weight excluding hydrogens is 292 g/mol. The molecule has 0 atom stereocenters. The van der Waals surface area contributed by atoms with E-state index >= 15 is 0 Å². The van der Waals surface area contributed by atoms with Crippen LogP contribution in [0.2, 0.25) is 0 Å². The van der Waals surface area contributed by atoms with Crippen LogP contribution in [0.3, 0.4) is 0 Å². The Hall–Kier alpha value is -1.55. The molecule has 0 radical (unpaired) electrons. The SMILES string of the molecule is C=CCOc1ccc(NC(=S)NC2(C(C)C)CCCC2)cc1. The lowest BCUT2D eigenvalue weighted by atomic mass is 9.85. The molecule has 120 valence electrons. The van der Waals surface area contributed by atoms with Gasteiger partial charge in [-0.25, -0.2) is 0 Å². The van der Waals surface area contributed by atoms with Crippen LogP contribution in [0.15, 0.2) is 36.9 Å². The third kappa shape index (κ3) is 4.23. The minimum atomic E-state index is 0.150. The first kappa shape index (κ1) is 16.8. The molecule has 0 unspecified atom stereocenters. The highest BCUT2D eigenvalue weighted by Gasteiger charge is 2.37. The molecule has 2 N–H and O–H groups in total. The van der Waals surface area contributed by atoms with E-state index in [2.05, 4.69) is 31.1 Å². The van der Waals surface area contributed by atoms with E-state index in [0.717, 1.165) is 11.4 Å². The average Bonchev–Trinajstić information content (AvgIpc) is 2.96. The Balaban J connectivity index is 1.92. The van der Waals surface area contributed by atoms with Gasteiger partial charge in [-0.05, 0) is 55.2 Å². The minimum Gasteiger partial charge on any atom is -0.490 e. The zero-order valence-electron chi connectivity index (χ0n) is 13.5. The van der Waals surface area contributed by atoms with E-state index in [1.165, 1.54) is 25.7 Å². The molecule has 1 aromatic carbocycles. The summed E-state index contributed by atoms with van der Waals surface area (Å²) in [5.41, 5.74) is 1.12. The monoisotopic (exact) mass is 318 g/mol. The standard InChI is InChI=1S/C18H26N2OS/c1-4-13-21-16-9-7-15(8-10-16)19-17(22)20-18(14(2)3)11-5-6-12-18/h4,7-10,14H,1,5-6,11-13H2,2-3H3,(H2,19,20,22). The molecule has 0 heterocycles. The molecule has 1 fully saturated rings. The maximum Gasteiger partial charge on any atom is 0.171 e. The molecule has 0 spiro atoms. The molecule has 0 aromatic heterocycles. The molecule has 1 aliphatic carbocycles. The largest absolute Gasteiger partial charge is 0.490 e.